The molecule has 2 aromatic carbocycles. The van der Waals surface area contributed by atoms with Crippen LogP contribution in [0.25, 0.3) is 22.0 Å². The molecule has 0 radical (unpaired) electrons. The molecule has 9 heteroatoms. The maximum atomic E-state index is 6.09. The van der Waals surface area contributed by atoms with Crippen molar-refractivity contribution in [3.05, 3.63) is 64.5 Å². The number of piperazine rings is 1. The second-order valence-corrected chi connectivity index (χ2v) is 10.4. The summed E-state index contributed by atoms with van der Waals surface area (Å²) in [6.45, 7) is 10.5. The van der Waals surface area contributed by atoms with Crippen LogP contribution in [0.15, 0.2) is 47.0 Å². The van der Waals surface area contributed by atoms with Gasteiger partial charge in [-0.2, -0.15) is 4.98 Å². The van der Waals surface area contributed by atoms with E-state index in [0.717, 1.165) is 95.1 Å². The number of benzene rings is 2. The molecule has 0 bridgehead atoms. The van der Waals surface area contributed by atoms with Gasteiger partial charge in [-0.15, -0.1) is 0 Å². The third-order valence-corrected chi connectivity index (χ3v) is 7.15. The van der Waals surface area contributed by atoms with E-state index in [1.54, 1.807) is 0 Å². The van der Waals surface area contributed by atoms with Crippen LogP contribution in [0.4, 0.5) is 11.8 Å². The normalized spacial score (nSPS) is 14.6. The van der Waals surface area contributed by atoms with Gasteiger partial charge < -0.3 is 19.6 Å². The molecule has 0 atom stereocenters. The number of nitrogens with zero attached hydrogens (tertiary/aromatic N) is 6. The number of anilines is 2. The summed E-state index contributed by atoms with van der Waals surface area (Å²) in [5, 5.41) is 9.41. The summed E-state index contributed by atoms with van der Waals surface area (Å²) in [5.74, 6) is 2.39. The van der Waals surface area contributed by atoms with Gasteiger partial charge in [0.1, 0.15) is 11.6 Å². The third-order valence-electron chi connectivity index (χ3n) is 6.90. The average Bonchev–Trinajstić information content (AvgIpc) is 3.24. The molecule has 1 aliphatic heterocycles. The van der Waals surface area contributed by atoms with E-state index in [4.69, 9.17) is 26.1 Å². The predicted octanol–water partition coefficient (Wildman–Crippen LogP) is 4.85. The molecule has 2 aromatic heterocycles. The molecule has 0 saturated carbocycles. The molecule has 4 aromatic rings. The summed E-state index contributed by atoms with van der Waals surface area (Å²) in [7, 11) is 4.24. The van der Waals surface area contributed by atoms with Crippen LogP contribution in [-0.2, 0) is 6.54 Å². The summed E-state index contributed by atoms with van der Waals surface area (Å²) in [6, 6.07) is 14.2. The Morgan fingerprint density at radius 2 is 1.76 bits per heavy atom. The zero-order chi connectivity index (χ0) is 25.9. The van der Waals surface area contributed by atoms with Crippen LogP contribution < -0.4 is 10.2 Å². The lowest BCUT2D eigenvalue weighted by molar-refractivity contribution is 0.229. The highest BCUT2D eigenvalue weighted by molar-refractivity contribution is 6.30. The fourth-order valence-corrected chi connectivity index (χ4v) is 4.87. The Hall–Kier alpha value is -3.20. The monoisotopic (exact) mass is 519 g/mol. The van der Waals surface area contributed by atoms with Crippen LogP contribution in [0.1, 0.15) is 17.0 Å². The lowest BCUT2D eigenvalue weighted by Gasteiger charge is -2.35. The van der Waals surface area contributed by atoms with Gasteiger partial charge in [-0.05, 0) is 63.3 Å². The van der Waals surface area contributed by atoms with Gasteiger partial charge >= 0.3 is 0 Å². The van der Waals surface area contributed by atoms with E-state index in [1.165, 1.54) is 0 Å². The first kappa shape index (κ1) is 25.4. The minimum absolute atomic E-state index is 0.636. The Kier molecular flexibility index (Phi) is 7.60. The highest BCUT2D eigenvalue weighted by atomic mass is 35.5. The second-order valence-electron chi connectivity index (χ2n) is 9.92. The van der Waals surface area contributed by atoms with Crippen molar-refractivity contribution in [1.29, 1.82) is 0 Å². The van der Waals surface area contributed by atoms with E-state index < -0.39 is 0 Å². The predicted molar refractivity (Wildman–Crippen MR) is 150 cm³/mol. The molecular formula is C28H34ClN7O. The van der Waals surface area contributed by atoms with E-state index >= 15 is 0 Å². The third kappa shape index (κ3) is 5.87. The second kappa shape index (κ2) is 11.0. The standard InChI is InChI=1S/C28H34ClN7O/c1-19-26(20(2)37-33-19)22-7-10-25-24(17-22)27(30-18-21-5-8-23(29)9-6-21)32-28(31-25)36-15-13-35(14-16-36)12-11-34(3)4/h5-10,17H,11-16,18H2,1-4H3,(H,30,31,32). The maximum Gasteiger partial charge on any atom is 0.227 e. The maximum absolute atomic E-state index is 6.09. The SMILES string of the molecule is Cc1noc(C)c1-c1ccc2nc(N3CCN(CCN(C)C)CC3)nc(NCc3ccc(Cl)cc3)c2c1. The number of halogens is 1. The fraction of sp³-hybridized carbons (Fsp3) is 0.393. The Morgan fingerprint density at radius 3 is 2.43 bits per heavy atom. The van der Waals surface area contributed by atoms with Crippen molar-refractivity contribution in [2.45, 2.75) is 20.4 Å². The lowest BCUT2D eigenvalue weighted by atomic mass is 10.0. The van der Waals surface area contributed by atoms with Crippen molar-refractivity contribution in [2.24, 2.45) is 0 Å². The molecule has 3 heterocycles. The molecule has 0 spiro atoms. The Bertz CT molecular complexity index is 1340. The Labute approximate surface area is 223 Å². The van der Waals surface area contributed by atoms with Crippen LogP contribution in [0.2, 0.25) is 5.02 Å². The van der Waals surface area contributed by atoms with E-state index in [-0.39, 0.29) is 0 Å². The molecule has 1 aliphatic rings. The lowest BCUT2D eigenvalue weighted by Crippen LogP contribution is -2.48. The van der Waals surface area contributed by atoms with E-state index in [0.29, 0.717) is 6.54 Å². The number of hydrogen-bond donors (Lipinski definition) is 1. The highest BCUT2D eigenvalue weighted by Crippen LogP contribution is 2.32. The largest absolute Gasteiger partial charge is 0.365 e. The fourth-order valence-electron chi connectivity index (χ4n) is 4.74. The van der Waals surface area contributed by atoms with Crippen LogP contribution >= 0.6 is 11.6 Å². The smallest absolute Gasteiger partial charge is 0.227 e. The van der Waals surface area contributed by atoms with E-state index in [1.807, 2.05) is 38.1 Å². The first-order valence-electron chi connectivity index (χ1n) is 12.7. The summed E-state index contributed by atoms with van der Waals surface area (Å²) < 4.78 is 5.42. The highest BCUT2D eigenvalue weighted by Gasteiger charge is 2.21. The van der Waals surface area contributed by atoms with Crippen LogP contribution in [0.5, 0.6) is 0 Å². The van der Waals surface area contributed by atoms with Gasteiger partial charge in [0.2, 0.25) is 5.95 Å². The van der Waals surface area contributed by atoms with E-state index in [2.05, 4.69) is 57.5 Å². The summed E-state index contributed by atoms with van der Waals surface area (Å²) >= 11 is 6.09. The van der Waals surface area contributed by atoms with Gasteiger partial charge in [0.15, 0.2) is 0 Å². The first-order valence-corrected chi connectivity index (χ1v) is 13.1. The molecule has 1 fully saturated rings. The minimum Gasteiger partial charge on any atom is -0.365 e. The van der Waals surface area contributed by atoms with Crippen molar-refractivity contribution in [2.75, 3.05) is 63.6 Å². The molecule has 0 unspecified atom stereocenters. The summed E-state index contributed by atoms with van der Waals surface area (Å²) in [6.07, 6.45) is 0. The van der Waals surface area contributed by atoms with Gasteiger partial charge in [-0.25, -0.2) is 4.98 Å². The molecular weight excluding hydrogens is 486 g/mol. The summed E-state index contributed by atoms with van der Waals surface area (Å²) in [4.78, 5) is 17.1. The molecule has 37 heavy (non-hydrogen) atoms. The van der Waals surface area contributed by atoms with Crippen LogP contribution in [-0.4, -0.2) is 78.3 Å². The number of aromatic nitrogens is 3. The number of hydrogen-bond acceptors (Lipinski definition) is 8. The number of rotatable bonds is 8. The van der Waals surface area contributed by atoms with Gasteiger partial charge in [-0.3, -0.25) is 4.90 Å². The Morgan fingerprint density at radius 1 is 1.00 bits per heavy atom. The molecule has 1 saturated heterocycles. The number of fused-ring (bicyclic) bond motifs is 1. The van der Waals surface area contributed by atoms with Gasteiger partial charge in [-0.1, -0.05) is 35.0 Å². The molecule has 1 N–H and O–H groups in total. The van der Waals surface area contributed by atoms with Crippen LogP contribution in [0, 0.1) is 13.8 Å². The molecule has 5 rings (SSSR count). The quantitative estimate of drug-likeness (QED) is 0.354. The Balaban J connectivity index is 1.45. The van der Waals surface area contributed by atoms with Gasteiger partial charge in [0.25, 0.3) is 0 Å². The topological polar surface area (TPSA) is 73.6 Å². The van der Waals surface area contributed by atoms with Crippen molar-refractivity contribution in [3.8, 4) is 11.1 Å². The van der Waals surface area contributed by atoms with Crippen molar-refractivity contribution in [3.63, 3.8) is 0 Å². The molecule has 194 valence electrons. The zero-order valence-electron chi connectivity index (χ0n) is 22.0. The van der Waals surface area contributed by atoms with E-state index in [9.17, 15) is 0 Å². The van der Waals surface area contributed by atoms with Crippen LogP contribution in [0.3, 0.4) is 0 Å². The molecule has 0 aliphatic carbocycles. The van der Waals surface area contributed by atoms with Gasteiger partial charge in [0, 0.05) is 61.8 Å². The van der Waals surface area contributed by atoms with Crippen molar-refractivity contribution in [1.82, 2.24) is 24.9 Å². The minimum atomic E-state index is 0.636. The van der Waals surface area contributed by atoms with Crippen molar-refractivity contribution >= 4 is 34.3 Å². The van der Waals surface area contributed by atoms with Gasteiger partial charge in [0.05, 0.1) is 11.2 Å². The average molecular weight is 520 g/mol. The molecule has 0 amide bonds. The zero-order valence-corrected chi connectivity index (χ0v) is 22.7. The summed E-state index contributed by atoms with van der Waals surface area (Å²) in [5.41, 5.74) is 4.98. The number of aryl methyl sites for hydroxylation is 2. The molecule has 8 nitrogen and oxygen atoms in total. The number of likely N-dealkylation sites (N-methyl/N-ethyl adjacent to an activating group) is 1. The van der Waals surface area contributed by atoms with Crippen molar-refractivity contribution < 1.29 is 4.52 Å². The first-order chi connectivity index (χ1) is 17.9. The number of nitrogens with one attached hydrogen (secondary N) is 1.